The molecule has 0 fully saturated rings. The first-order valence-corrected chi connectivity index (χ1v) is 5.92. The van der Waals surface area contributed by atoms with Crippen molar-refractivity contribution in [2.75, 3.05) is 0 Å². The molecule has 2 rings (SSSR count). The largest absolute Gasteiger partial charge is 0.383 e. The first-order chi connectivity index (χ1) is 7.18. The van der Waals surface area contributed by atoms with Crippen molar-refractivity contribution in [3.05, 3.63) is 56.7 Å². The highest BCUT2D eigenvalue weighted by Gasteiger charge is 2.11. The van der Waals surface area contributed by atoms with E-state index in [0.717, 1.165) is 16.0 Å². The molecule has 0 amide bonds. The Morgan fingerprint density at radius 1 is 1.33 bits per heavy atom. The van der Waals surface area contributed by atoms with Crippen molar-refractivity contribution >= 4 is 22.9 Å². The molecule has 15 heavy (non-hydrogen) atoms. The van der Waals surface area contributed by atoms with Crippen LogP contribution in [0.25, 0.3) is 0 Å². The lowest BCUT2D eigenvalue weighted by Gasteiger charge is -2.10. The Labute approximate surface area is 98.0 Å². The maximum atomic E-state index is 10.0. The monoisotopic (exact) mass is 238 g/mol. The lowest BCUT2D eigenvalue weighted by atomic mass is 10.1. The van der Waals surface area contributed by atoms with Crippen LogP contribution in [0.15, 0.2) is 35.7 Å². The summed E-state index contributed by atoms with van der Waals surface area (Å²) in [6.45, 7) is 1.95. The van der Waals surface area contributed by atoms with E-state index in [-0.39, 0.29) is 0 Å². The minimum atomic E-state index is -0.567. The normalized spacial score (nSPS) is 12.7. The Hall–Kier alpha value is -0.830. The van der Waals surface area contributed by atoms with E-state index in [0.29, 0.717) is 5.02 Å². The Kier molecular flexibility index (Phi) is 3.10. The molecule has 1 atom stereocenters. The fourth-order valence-corrected chi connectivity index (χ4v) is 2.32. The van der Waals surface area contributed by atoms with Crippen LogP contribution in [0.1, 0.15) is 22.1 Å². The van der Waals surface area contributed by atoms with Crippen LogP contribution < -0.4 is 0 Å². The standard InChI is InChI=1S/C12H11ClOS/c1-8-4-5-9(7-10(8)13)12(14)11-3-2-6-15-11/h2-7,12,14H,1H3. The van der Waals surface area contributed by atoms with E-state index in [4.69, 9.17) is 11.6 Å². The SMILES string of the molecule is Cc1ccc(C(O)c2cccs2)cc1Cl. The van der Waals surface area contributed by atoms with Gasteiger partial charge in [-0.05, 0) is 35.6 Å². The van der Waals surface area contributed by atoms with Gasteiger partial charge in [0.2, 0.25) is 0 Å². The van der Waals surface area contributed by atoms with E-state index in [9.17, 15) is 5.11 Å². The van der Waals surface area contributed by atoms with Gasteiger partial charge in [-0.25, -0.2) is 0 Å². The van der Waals surface area contributed by atoms with Gasteiger partial charge in [0.1, 0.15) is 6.10 Å². The number of aliphatic hydroxyl groups excluding tert-OH is 1. The molecule has 78 valence electrons. The first-order valence-electron chi connectivity index (χ1n) is 4.66. The lowest BCUT2D eigenvalue weighted by molar-refractivity contribution is 0.224. The van der Waals surface area contributed by atoms with Gasteiger partial charge in [-0.1, -0.05) is 29.8 Å². The predicted molar refractivity (Wildman–Crippen MR) is 64.6 cm³/mol. The summed E-state index contributed by atoms with van der Waals surface area (Å²) < 4.78 is 0. The smallest absolute Gasteiger partial charge is 0.113 e. The molecular weight excluding hydrogens is 228 g/mol. The third-order valence-electron chi connectivity index (χ3n) is 2.32. The summed E-state index contributed by atoms with van der Waals surface area (Å²) in [6.07, 6.45) is -0.567. The number of rotatable bonds is 2. The lowest BCUT2D eigenvalue weighted by Crippen LogP contribution is -1.97. The van der Waals surface area contributed by atoms with Gasteiger partial charge < -0.3 is 5.11 Å². The van der Waals surface area contributed by atoms with Gasteiger partial charge in [0.05, 0.1) is 0 Å². The number of hydrogen-bond acceptors (Lipinski definition) is 2. The van der Waals surface area contributed by atoms with Crippen LogP contribution >= 0.6 is 22.9 Å². The van der Waals surface area contributed by atoms with Crippen LogP contribution in [0.3, 0.4) is 0 Å². The van der Waals surface area contributed by atoms with E-state index in [1.807, 2.05) is 42.6 Å². The number of thiophene rings is 1. The van der Waals surface area contributed by atoms with Gasteiger partial charge >= 0.3 is 0 Å². The highest BCUT2D eigenvalue weighted by atomic mass is 35.5. The highest BCUT2D eigenvalue weighted by molar-refractivity contribution is 7.10. The van der Waals surface area contributed by atoms with Gasteiger partial charge in [0.15, 0.2) is 0 Å². The molecule has 0 spiro atoms. The van der Waals surface area contributed by atoms with Crippen LogP contribution in [0.5, 0.6) is 0 Å². The predicted octanol–water partition coefficient (Wildman–Crippen LogP) is 3.79. The van der Waals surface area contributed by atoms with E-state index >= 15 is 0 Å². The van der Waals surface area contributed by atoms with Gasteiger partial charge in [0, 0.05) is 9.90 Å². The van der Waals surface area contributed by atoms with Crippen LogP contribution in [0.2, 0.25) is 5.02 Å². The molecule has 1 aromatic heterocycles. The molecule has 1 nitrogen and oxygen atoms in total. The molecule has 0 radical (unpaired) electrons. The van der Waals surface area contributed by atoms with Crippen molar-refractivity contribution in [2.24, 2.45) is 0 Å². The summed E-state index contributed by atoms with van der Waals surface area (Å²) in [5, 5.41) is 12.7. The third-order valence-corrected chi connectivity index (χ3v) is 3.66. The maximum absolute atomic E-state index is 10.0. The molecule has 0 aliphatic carbocycles. The number of hydrogen-bond donors (Lipinski definition) is 1. The zero-order chi connectivity index (χ0) is 10.8. The number of benzene rings is 1. The molecule has 1 N–H and O–H groups in total. The molecule has 0 aliphatic rings. The molecule has 1 unspecified atom stereocenters. The summed E-state index contributed by atoms with van der Waals surface area (Å²) in [6, 6.07) is 9.50. The van der Waals surface area contributed by atoms with Crippen molar-refractivity contribution in [2.45, 2.75) is 13.0 Å². The summed E-state index contributed by atoms with van der Waals surface area (Å²) in [4.78, 5) is 0.940. The fraction of sp³-hybridized carbons (Fsp3) is 0.167. The van der Waals surface area contributed by atoms with Crippen LogP contribution in [-0.2, 0) is 0 Å². The van der Waals surface area contributed by atoms with Crippen molar-refractivity contribution in [3.63, 3.8) is 0 Å². The van der Waals surface area contributed by atoms with E-state index in [1.54, 1.807) is 11.3 Å². The van der Waals surface area contributed by atoms with Gasteiger partial charge in [-0.15, -0.1) is 11.3 Å². The quantitative estimate of drug-likeness (QED) is 0.844. The Morgan fingerprint density at radius 3 is 2.73 bits per heavy atom. The maximum Gasteiger partial charge on any atom is 0.113 e. The van der Waals surface area contributed by atoms with E-state index < -0.39 is 6.10 Å². The molecule has 1 aromatic carbocycles. The number of aliphatic hydroxyl groups is 1. The van der Waals surface area contributed by atoms with Crippen LogP contribution in [0.4, 0.5) is 0 Å². The summed E-state index contributed by atoms with van der Waals surface area (Å²) in [7, 11) is 0. The second-order valence-electron chi connectivity index (χ2n) is 3.43. The molecule has 3 heteroatoms. The first kappa shape index (κ1) is 10.7. The minimum Gasteiger partial charge on any atom is -0.383 e. The van der Waals surface area contributed by atoms with E-state index in [1.165, 1.54) is 0 Å². The molecule has 0 saturated heterocycles. The Bertz CT molecular complexity index is 451. The molecule has 2 aromatic rings. The van der Waals surface area contributed by atoms with Crippen molar-refractivity contribution in [1.29, 1.82) is 0 Å². The zero-order valence-electron chi connectivity index (χ0n) is 8.27. The topological polar surface area (TPSA) is 20.2 Å². The molecule has 0 bridgehead atoms. The second kappa shape index (κ2) is 4.35. The Balaban J connectivity index is 2.34. The zero-order valence-corrected chi connectivity index (χ0v) is 9.85. The highest BCUT2D eigenvalue weighted by Crippen LogP contribution is 2.28. The van der Waals surface area contributed by atoms with Crippen molar-refractivity contribution < 1.29 is 5.11 Å². The number of halogens is 1. The Morgan fingerprint density at radius 2 is 2.13 bits per heavy atom. The molecule has 1 heterocycles. The average Bonchev–Trinajstić information content (AvgIpc) is 2.74. The molecule has 0 saturated carbocycles. The van der Waals surface area contributed by atoms with Crippen molar-refractivity contribution in [3.8, 4) is 0 Å². The summed E-state index contributed by atoms with van der Waals surface area (Å²) in [5.41, 5.74) is 1.87. The second-order valence-corrected chi connectivity index (χ2v) is 4.81. The van der Waals surface area contributed by atoms with Crippen LogP contribution in [0, 0.1) is 6.92 Å². The summed E-state index contributed by atoms with van der Waals surface area (Å²) >= 11 is 7.55. The van der Waals surface area contributed by atoms with Crippen molar-refractivity contribution in [1.82, 2.24) is 0 Å². The molecular formula is C12H11ClOS. The summed E-state index contributed by atoms with van der Waals surface area (Å²) in [5.74, 6) is 0. The number of aryl methyl sites for hydroxylation is 1. The van der Waals surface area contributed by atoms with Gasteiger partial charge in [-0.2, -0.15) is 0 Å². The van der Waals surface area contributed by atoms with Gasteiger partial charge in [-0.3, -0.25) is 0 Å². The minimum absolute atomic E-state index is 0.567. The van der Waals surface area contributed by atoms with E-state index in [2.05, 4.69) is 0 Å². The van der Waals surface area contributed by atoms with Gasteiger partial charge in [0.25, 0.3) is 0 Å². The molecule has 0 aliphatic heterocycles. The third kappa shape index (κ3) is 2.23. The average molecular weight is 239 g/mol. The van der Waals surface area contributed by atoms with Crippen LogP contribution in [-0.4, -0.2) is 5.11 Å². The fourth-order valence-electron chi connectivity index (χ4n) is 1.39.